The zero-order valence-corrected chi connectivity index (χ0v) is 14.9. The highest BCUT2D eigenvalue weighted by Gasteiger charge is 2.07. The van der Waals surface area contributed by atoms with E-state index in [-0.39, 0.29) is 18.5 Å². The molecule has 0 fully saturated rings. The molecule has 0 radical (unpaired) electrons. The third-order valence-electron chi connectivity index (χ3n) is 3.44. The molecule has 0 spiro atoms. The first kappa shape index (κ1) is 19.2. The van der Waals surface area contributed by atoms with Crippen LogP contribution in [0.25, 0.3) is 0 Å². The van der Waals surface area contributed by atoms with Crippen molar-refractivity contribution in [2.75, 3.05) is 13.2 Å². The molecule has 0 aromatic heterocycles. The molecule has 1 N–H and O–H groups in total. The maximum absolute atomic E-state index is 11.8. The van der Waals surface area contributed by atoms with Crippen LogP contribution in [0.2, 0.25) is 0 Å². The van der Waals surface area contributed by atoms with Crippen LogP contribution in [0.1, 0.15) is 36.2 Å². The Morgan fingerprint density at radius 2 is 1.69 bits per heavy atom. The maximum atomic E-state index is 11.8. The first-order chi connectivity index (χ1) is 12.6. The van der Waals surface area contributed by atoms with Gasteiger partial charge in [0.05, 0.1) is 17.9 Å². The number of hydrazone groups is 1. The van der Waals surface area contributed by atoms with Gasteiger partial charge in [0.25, 0.3) is 5.91 Å². The fourth-order valence-corrected chi connectivity index (χ4v) is 2.04. The van der Waals surface area contributed by atoms with Crippen molar-refractivity contribution < 1.29 is 19.1 Å². The topological polar surface area (TPSA) is 77.0 Å². The Morgan fingerprint density at radius 1 is 1.00 bits per heavy atom. The zero-order chi connectivity index (χ0) is 18.8. The van der Waals surface area contributed by atoms with Gasteiger partial charge in [-0.1, -0.05) is 37.3 Å². The van der Waals surface area contributed by atoms with Gasteiger partial charge in [-0.25, -0.2) is 10.2 Å². The van der Waals surface area contributed by atoms with Gasteiger partial charge in [-0.05, 0) is 43.2 Å². The van der Waals surface area contributed by atoms with Gasteiger partial charge in [0, 0.05) is 0 Å². The standard InChI is InChI=1S/C20H22N2O4/c1-3-13-25-20(24)17-9-11-18(12-10-17)26-14-19(23)22-21-15(2)16-7-5-4-6-8-16/h4-12H,3,13-14H2,1-2H3,(H,22,23)/b21-15+. The predicted octanol–water partition coefficient (Wildman–Crippen LogP) is 3.17. The van der Waals surface area contributed by atoms with Gasteiger partial charge in [0.1, 0.15) is 5.75 Å². The summed E-state index contributed by atoms with van der Waals surface area (Å²) in [6, 6.07) is 16.0. The Labute approximate surface area is 152 Å². The first-order valence-corrected chi connectivity index (χ1v) is 8.38. The molecule has 0 bridgehead atoms. The predicted molar refractivity (Wildman–Crippen MR) is 99.3 cm³/mol. The van der Waals surface area contributed by atoms with Crippen LogP contribution < -0.4 is 10.2 Å². The number of hydrogen-bond acceptors (Lipinski definition) is 5. The molecule has 6 heteroatoms. The van der Waals surface area contributed by atoms with E-state index in [0.29, 0.717) is 23.6 Å². The van der Waals surface area contributed by atoms with E-state index in [1.54, 1.807) is 24.3 Å². The number of rotatable bonds is 8. The minimum absolute atomic E-state index is 0.175. The molecule has 0 atom stereocenters. The van der Waals surface area contributed by atoms with Crippen LogP contribution in [0.4, 0.5) is 0 Å². The fourth-order valence-electron chi connectivity index (χ4n) is 2.04. The molecule has 6 nitrogen and oxygen atoms in total. The molecule has 136 valence electrons. The van der Waals surface area contributed by atoms with Crippen LogP contribution in [0.5, 0.6) is 5.75 Å². The van der Waals surface area contributed by atoms with Crippen molar-refractivity contribution in [3.8, 4) is 5.75 Å². The summed E-state index contributed by atoms with van der Waals surface area (Å²) < 4.78 is 10.4. The van der Waals surface area contributed by atoms with Gasteiger partial charge in [0.2, 0.25) is 0 Å². The third kappa shape index (κ3) is 6.05. The number of carbonyl (C=O) groups excluding carboxylic acids is 2. The highest BCUT2D eigenvalue weighted by atomic mass is 16.5. The number of nitrogens with one attached hydrogen (secondary N) is 1. The number of nitrogens with zero attached hydrogens (tertiary/aromatic N) is 1. The van der Waals surface area contributed by atoms with Crippen molar-refractivity contribution in [2.24, 2.45) is 5.10 Å². The van der Waals surface area contributed by atoms with Crippen LogP contribution in [-0.4, -0.2) is 30.8 Å². The molecule has 0 aliphatic rings. The van der Waals surface area contributed by atoms with Gasteiger partial charge >= 0.3 is 5.97 Å². The smallest absolute Gasteiger partial charge is 0.338 e. The van der Waals surface area contributed by atoms with Gasteiger partial charge in [-0.15, -0.1) is 0 Å². The Kier molecular flexibility index (Phi) is 7.36. The lowest BCUT2D eigenvalue weighted by atomic mass is 10.1. The average molecular weight is 354 g/mol. The van der Waals surface area contributed by atoms with E-state index in [1.165, 1.54) is 0 Å². The Hall–Kier alpha value is -3.15. The van der Waals surface area contributed by atoms with Crippen LogP contribution >= 0.6 is 0 Å². The second kappa shape index (κ2) is 9.98. The SMILES string of the molecule is CCCOC(=O)c1ccc(OCC(=O)N/N=C(\C)c2ccccc2)cc1. The summed E-state index contributed by atoms with van der Waals surface area (Å²) in [7, 11) is 0. The second-order valence-electron chi connectivity index (χ2n) is 5.55. The number of esters is 1. The molecular weight excluding hydrogens is 332 g/mol. The molecule has 0 saturated heterocycles. The van der Waals surface area contributed by atoms with Crippen molar-refractivity contribution in [1.82, 2.24) is 5.43 Å². The van der Waals surface area contributed by atoms with Crippen molar-refractivity contribution >= 4 is 17.6 Å². The van der Waals surface area contributed by atoms with E-state index < -0.39 is 0 Å². The van der Waals surface area contributed by atoms with Crippen molar-refractivity contribution in [2.45, 2.75) is 20.3 Å². The summed E-state index contributed by atoms with van der Waals surface area (Å²) in [5.74, 6) is -0.260. The monoisotopic (exact) mass is 354 g/mol. The first-order valence-electron chi connectivity index (χ1n) is 8.38. The number of carbonyl (C=O) groups is 2. The Balaban J connectivity index is 1.81. The van der Waals surface area contributed by atoms with Crippen LogP contribution in [0.3, 0.4) is 0 Å². The number of ether oxygens (including phenoxy) is 2. The fraction of sp³-hybridized carbons (Fsp3) is 0.250. The van der Waals surface area contributed by atoms with Crippen molar-refractivity contribution in [1.29, 1.82) is 0 Å². The highest BCUT2D eigenvalue weighted by molar-refractivity contribution is 5.99. The molecule has 2 aromatic rings. The van der Waals surface area contributed by atoms with Crippen LogP contribution in [-0.2, 0) is 9.53 Å². The molecule has 2 aromatic carbocycles. The van der Waals surface area contributed by atoms with E-state index >= 15 is 0 Å². The molecule has 0 saturated carbocycles. The summed E-state index contributed by atoms with van der Waals surface area (Å²) in [5, 5.41) is 4.05. The third-order valence-corrected chi connectivity index (χ3v) is 3.44. The normalized spacial score (nSPS) is 10.9. The van der Waals surface area contributed by atoms with E-state index in [4.69, 9.17) is 9.47 Å². The number of benzene rings is 2. The van der Waals surface area contributed by atoms with Crippen LogP contribution in [0, 0.1) is 0 Å². The van der Waals surface area contributed by atoms with E-state index in [2.05, 4.69) is 10.5 Å². The van der Waals surface area contributed by atoms with Crippen LogP contribution in [0.15, 0.2) is 59.7 Å². The quantitative estimate of drug-likeness (QED) is 0.449. The summed E-state index contributed by atoms with van der Waals surface area (Å²) >= 11 is 0. The molecule has 0 unspecified atom stereocenters. The number of hydrogen-bond donors (Lipinski definition) is 1. The molecule has 0 aliphatic heterocycles. The highest BCUT2D eigenvalue weighted by Crippen LogP contribution is 2.13. The molecular formula is C20H22N2O4. The summed E-state index contributed by atoms with van der Waals surface area (Å²) in [6.45, 7) is 3.96. The van der Waals surface area contributed by atoms with Crippen molar-refractivity contribution in [3.05, 3.63) is 65.7 Å². The molecule has 26 heavy (non-hydrogen) atoms. The Morgan fingerprint density at radius 3 is 2.35 bits per heavy atom. The number of amides is 1. The lowest BCUT2D eigenvalue weighted by Crippen LogP contribution is -2.25. The zero-order valence-electron chi connectivity index (χ0n) is 14.9. The average Bonchev–Trinajstić information content (AvgIpc) is 2.69. The minimum Gasteiger partial charge on any atom is -0.484 e. The van der Waals surface area contributed by atoms with Gasteiger partial charge in [-0.2, -0.15) is 5.10 Å². The van der Waals surface area contributed by atoms with Gasteiger partial charge < -0.3 is 9.47 Å². The molecule has 0 heterocycles. The summed E-state index contributed by atoms with van der Waals surface area (Å²) in [5.41, 5.74) is 4.53. The second-order valence-corrected chi connectivity index (χ2v) is 5.55. The Bertz CT molecular complexity index is 755. The molecule has 1 amide bonds. The van der Waals surface area contributed by atoms with Gasteiger partial charge in [-0.3, -0.25) is 4.79 Å². The molecule has 2 rings (SSSR count). The van der Waals surface area contributed by atoms with Crippen molar-refractivity contribution in [3.63, 3.8) is 0 Å². The largest absolute Gasteiger partial charge is 0.484 e. The van der Waals surface area contributed by atoms with Gasteiger partial charge in [0.15, 0.2) is 6.61 Å². The van der Waals surface area contributed by atoms with E-state index in [9.17, 15) is 9.59 Å². The van der Waals surface area contributed by atoms with E-state index in [0.717, 1.165) is 12.0 Å². The molecule has 0 aliphatic carbocycles. The minimum atomic E-state index is -0.373. The maximum Gasteiger partial charge on any atom is 0.338 e. The lowest BCUT2D eigenvalue weighted by molar-refractivity contribution is -0.123. The summed E-state index contributed by atoms with van der Waals surface area (Å²) in [6.07, 6.45) is 0.772. The lowest BCUT2D eigenvalue weighted by Gasteiger charge is -2.07. The van der Waals surface area contributed by atoms with E-state index in [1.807, 2.05) is 44.2 Å². The summed E-state index contributed by atoms with van der Waals surface area (Å²) in [4.78, 5) is 23.5.